The van der Waals surface area contributed by atoms with Gasteiger partial charge in [-0.25, -0.2) is 0 Å². The van der Waals surface area contributed by atoms with E-state index in [2.05, 4.69) is 35.5 Å². The largest absolute Gasteiger partial charge is 0.157 e. The van der Waals surface area contributed by atoms with Gasteiger partial charge in [-0.1, -0.05) is 13.8 Å². The SMILES string of the molecule is CC(C)c1cnnc2sccc12. The van der Waals surface area contributed by atoms with Gasteiger partial charge in [-0.15, -0.1) is 16.4 Å². The smallest absolute Gasteiger partial charge is 0.146 e. The van der Waals surface area contributed by atoms with E-state index in [9.17, 15) is 0 Å². The average molecular weight is 178 g/mol. The van der Waals surface area contributed by atoms with Crippen LogP contribution in [0.1, 0.15) is 25.3 Å². The third-order valence-corrected chi connectivity index (χ3v) is 2.72. The molecule has 0 aliphatic heterocycles. The number of rotatable bonds is 1. The molecule has 0 unspecified atom stereocenters. The molecule has 0 radical (unpaired) electrons. The van der Waals surface area contributed by atoms with E-state index >= 15 is 0 Å². The van der Waals surface area contributed by atoms with Crippen LogP contribution in [0.5, 0.6) is 0 Å². The summed E-state index contributed by atoms with van der Waals surface area (Å²) in [6.07, 6.45) is 1.86. The summed E-state index contributed by atoms with van der Waals surface area (Å²) in [5.41, 5.74) is 1.29. The molecule has 62 valence electrons. The maximum absolute atomic E-state index is 4.05. The first-order valence-corrected chi connectivity index (χ1v) is 4.86. The highest BCUT2D eigenvalue weighted by Gasteiger charge is 2.06. The number of aromatic nitrogens is 2. The Morgan fingerprint density at radius 2 is 2.25 bits per heavy atom. The van der Waals surface area contributed by atoms with Gasteiger partial charge < -0.3 is 0 Å². The summed E-state index contributed by atoms with van der Waals surface area (Å²) in [5, 5.41) is 11.3. The van der Waals surface area contributed by atoms with Crippen LogP contribution in [-0.2, 0) is 0 Å². The lowest BCUT2D eigenvalue weighted by Crippen LogP contribution is -1.90. The highest BCUT2D eigenvalue weighted by Crippen LogP contribution is 2.25. The summed E-state index contributed by atoms with van der Waals surface area (Å²) < 4.78 is 0. The second-order valence-electron chi connectivity index (χ2n) is 3.09. The van der Waals surface area contributed by atoms with Gasteiger partial charge in [0.1, 0.15) is 4.83 Å². The van der Waals surface area contributed by atoms with E-state index < -0.39 is 0 Å². The molecule has 2 rings (SSSR count). The first-order chi connectivity index (χ1) is 5.79. The molecule has 0 aliphatic rings. The summed E-state index contributed by atoms with van der Waals surface area (Å²) in [5.74, 6) is 0.526. The number of hydrogen-bond donors (Lipinski definition) is 0. The van der Waals surface area contributed by atoms with Crippen molar-refractivity contribution in [1.82, 2.24) is 10.2 Å². The Morgan fingerprint density at radius 1 is 1.42 bits per heavy atom. The maximum Gasteiger partial charge on any atom is 0.146 e. The fourth-order valence-corrected chi connectivity index (χ4v) is 2.01. The zero-order valence-corrected chi connectivity index (χ0v) is 7.93. The maximum atomic E-state index is 4.05. The number of hydrogen-bond acceptors (Lipinski definition) is 3. The van der Waals surface area contributed by atoms with Crippen LogP contribution in [0.2, 0.25) is 0 Å². The minimum atomic E-state index is 0.526. The Morgan fingerprint density at radius 3 is 3.00 bits per heavy atom. The van der Waals surface area contributed by atoms with E-state index in [1.54, 1.807) is 11.3 Å². The van der Waals surface area contributed by atoms with Crippen molar-refractivity contribution in [3.8, 4) is 0 Å². The van der Waals surface area contributed by atoms with Gasteiger partial charge >= 0.3 is 0 Å². The van der Waals surface area contributed by atoms with Crippen LogP contribution >= 0.6 is 11.3 Å². The van der Waals surface area contributed by atoms with Crippen LogP contribution in [0.4, 0.5) is 0 Å². The van der Waals surface area contributed by atoms with Crippen LogP contribution < -0.4 is 0 Å². The highest BCUT2D eigenvalue weighted by atomic mass is 32.1. The van der Waals surface area contributed by atoms with Gasteiger partial charge in [0.2, 0.25) is 0 Å². The fourth-order valence-electron chi connectivity index (χ4n) is 1.27. The Balaban J connectivity index is 2.73. The van der Waals surface area contributed by atoms with E-state index in [1.807, 2.05) is 6.20 Å². The molecule has 0 saturated heterocycles. The van der Waals surface area contributed by atoms with Crippen molar-refractivity contribution in [1.29, 1.82) is 0 Å². The fraction of sp³-hybridized carbons (Fsp3) is 0.333. The van der Waals surface area contributed by atoms with Gasteiger partial charge in [0.25, 0.3) is 0 Å². The predicted molar refractivity (Wildman–Crippen MR) is 51.5 cm³/mol. The Labute approximate surface area is 75.3 Å². The summed E-state index contributed by atoms with van der Waals surface area (Å²) >= 11 is 1.65. The molecule has 3 heteroatoms. The topological polar surface area (TPSA) is 25.8 Å². The van der Waals surface area contributed by atoms with Gasteiger partial charge in [-0.3, -0.25) is 0 Å². The lowest BCUT2D eigenvalue weighted by molar-refractivity contribution is 0.859. The summed E-state index contributed by atoms with van der Waals surface area (Å²) in [6, 6.07) is 2.12. The Kier molecular flexibility index (Phi) is 1.81. The number of thiophene rings is 1. The summed E-state index contributed by atoms with van der Waals surface area (Å²) in [4.78, 5) is 1.04. The minimum absolute atomic E-state index is 0.526. The number of nitrogens with zero attached hydrogens (tertiary/aromatic N) is 2. The minimum Gasteiger partial charge on any atom is -0.157 e. The first-order valence-electron chi connectivity index (χ1n) is 3.98. The van der Waals surface area contributed by atoms with Crippen LogP contribution in [0.25, 0.3) is 10.2 Å². The zero-order valence-electron chi connectivity index (χ0n) is 7.11. The Bertz CT molecular complexity index is 392. The molecule has 2 nitrogen and oxygen atoms in total. The van der Waals surface area contributed by atoms with Crippen LogP contribution in [0.3, 0.4) is 0 Å². The standard InChI is InChI=1S/C9H10N2S/c1-6(2)8-5-10-11-9-7(8)3-4-12-9/h3-6H,1-2H3. The molecular formula is C9H10N2S. The van der Waals surface area contributed by atoms with Crippen molar-refractivity contribution in [3.05, 3.63) is 23.2 Å². The monoisotopic (exact) mass is 178 g/mol. The van der Waals surface area contributed by atoms with Gasteiger partial charge in [-0.05, 0) is 22.9 Å². The molecule has 0 atom stereocenters. The average Bonchev–Trinajstić information content (AvgIpc) is 2.49. The molecule has 2 heterocycles. The lowest BCUT2D eigenvalue weighted by Gasteiger charge is -2.03. The van der Waals surface area contributed by atoms with Gasteiger partial charge in [0.15, 0.2) is 0 Å². The first kappa shape index (κ1) is 7.68. The van der Waals surface area contributed by atoms with E-state index in [0.717, 1.165) is 4.83 Å². The van der Waals surface area contributed by atoms with E-state index in [-0.39, 0.29) is 0 Å². The van der Waals surface area contributed by atoms with Gasteiger partial charge in [-0.2, -0.15) is 5.10 Å². The van der Waals surface area contributed by atoms with Crippen molar-refractivity contribution >= 4 is 21.6 Å². The third kappa shape index (κ3) is 1.10. The molecule has 2 aromatic rings. The predicted octanol–water partition coefficient (Wildman–Crippen LogP) is 2.81. The van der Waals surface area contributed by atoms with Crippen molar-refractivity contribution in [3.63, 3.8) is 0 Å². The van der Waals surface area contributed by atoms with E-state index in [1.165, 1.54) is 10.9 Å². The molecule has 12 heavy (non-hydrogen) atoms. The molecule has 0 bridgehead atoms. The van der Waals surface area contributed by atoms with Gasteiger partial charge in [0, 0.05) is 5.39 Å². The second kappa shape index (κ2) is 2.83. The number of fused-ring (bicyclic) bond motifs is 1. The van der Waals surface area contributed by atoms with Crippen molar-refractivity contribution < 1.29 is 0 Å². The van der Waals surface area contributed by atoms with Gasteiger partial charge in [0.05, 0.1) is 6.20 Å². The molecule has 0 spiro atoms. The molecule has 0 amide bonds. The molecule has 0 aromatic carbocycles. The zero-order chi connectivity index (χ0) is 8.55. The molecular weight excluding hydrogens is 168 g/mol. The quantitative estimate of drug-likeness (QED) is 0.671. The van der Waals surface area contributed by atoms with Crippen molar-refractivity contribution in [2.24, 2.45) is 0 Å². The summed E-state index contributed by atoms with van der Waals surface area (Å²) in [6.45, 7) is 4.35. The third-order valence-electron chi connectivity index (χ3n) is 1.92. The lowest BCUT2D eigenvalue weighted by atomic mass is 10.0. The molecule has 0 saturated carbocycles. The second-order valence-corrected chi connectivity index (χ2v) is 3.99. The van der Waals surface area contributed by atoms with Crippen LogP contribution in [-0.4, -0.2) is 10.2 Å². The van der Waals surface area contributed by atoms with E-state index in [0.29, 0.717) is 5.92 Å². The molecule has 0 N–H and O–H groups in total. The van der Waals surface area contributed by atoms with Crippen molar-refractivity contribution in [2.45, 2.75) is 19.8 Å². The van der Waals surface area contributed by atoms with E-state index in [4.69, 9.17) is 0 Å². The van der Waals surface area contributed by atoms with Crippen molar-refractivity contribution in [2.75, 3.05) is 0 Å². The summed E-state index contributed by atoms with van der Waals surface area (Å²) in [7, 11) is 0. The molecule has 2 aromatic heterocycles. The van der Waals surface area contributed by atoms with Crippen LogP contribution in [0, 0.1) is 0 Å². The Hall–Kier alpha value is -0.960. The highest BCUT2D eigenvalue weighted by molar-refractivity contribution is 7.16. The molecule has 0 aliphatic carbocycles. The van der Waals surface area contributed by atoms with Crippen LogP contribution in [0.15, 0.2) is 17.6 Å². The normalized spacial score (nSPS) is 11.2. The molecule has 0 fully saturated rings.